The zero-order valence-electron chi connectivity index (χ0n) is 20.5. The first kappa shape index (κ1) is 25.2. The van der Waals surface area contributed by atoms with Gasteiger partial charge in [0.15, 0.2) is 0 Å². The maximum Gasteiger partial charge on any atom is 0.420 e. The monoisotopic (exact) mass is 491 g/mol. The number of nitrogens with one attached hydrogen (secondary N) is 2. The van der Waals surface area contributed by atoms with E-state index in [9.17, 15) is 18.0 Å². The molecule has 2 aromatic carbocycles. The van der Waals surface area contributed by atoms with Crippen molar-refractivity contribution >= 4 is 17.4 Å². The summed E-state index contributed by atoms with van der Waals surface area (Å²) in [6.07, 6.45) is -2.83. The molecule has 0 bridgehead atoms. The number of urea groups is 1. The summed E-state index contributed by atoms with van der Waals surface area (Å²) in [4.78, 5) is 14.9. The second-order valence-corrected chi connectivity index (χ2v) is 9.82. The molecule has 35 heavy (non-hydrogen) atoms. The van der Waals surface area contributed by atoms with Crippen LogP contribution in [0.4, 0.5) is 29.3 Å². The number of benzene rings is 2. The first-order valence-electron chi connectivity index (χ1n) is 11.9. The molecule has 2 aromatic rings. The van der Waals surface area contributed by atoms with Crippen molar-refractivity contribution < 1.29 is 27.4 Å². The number of ether oxygens (including phenoxy) is 2. The molecule has 2 heterocycles. The number of hydrogen-bond acceptors (Lipinski definition) is 4. The normalized spacial score (nSPS) is 18.0. The molecule has 1 saturated heterocycles. The minimum absolute atomic E-state index is 0.0213. The number of alkyl halides is 3. The van der Waals surface area contributed by atoms with Crippen molar-refractivity contribution in [3.05, 3.63) is 47.0 Å². The summed E-state index contributed by atoms with van der Waals surface area (Å²) >= 11 is 0. The van der Waals surface area contributed by atoms with Gasteiger partial charge in [0.1, 0.15) is 23.2 Å². The van der Waals surface area contributed by atoms with Crippen molar-refractivity contribution in [2.75, 3.05) is 30.3 Å². The highest BCUT2D eigenvalue weighted by Crippen LogP contribution is 2.42. The maximum absolute atomic E-state index is 13.8. The summed E-state index contributed by atoms with van der Waals surface area (Å²) in [5.74, 6) is 0.379. The van der Waals surface area contributed by atoms with Gasteiger partial charge in [0.2, 0.25) is 0 Å². The highest BCUT2D eigenvalue weighted by Gasteiger charge is 2.36. The van der Waals surface area contributed by atoms with E-state index < -0.39 is 23.4 Å². The Hall–Kier alpha value is -2.94. The van der Waals surface area contributed by atoms with Gasteiger partial charge in [0.05, 0.1) is 11.3 Å². The SMILES string of the molecule is CCN1CCC(Oc2ccc(NC(=O)Nc3ccc(C)c4c3OC(C)(C)C4)cc2C(F)(F)F)CC1. The number of rotatable bonds is 5. The number of anilines is 2. The van der Waals surface area contributed by atoms with Crippen LogP contribution >= 0.6 is 0 Å². The van der Waals surface area contributed by atoms with E-state index in [0.29, 0.717) is 30.7 Å². The Morgan fingerprint density at radius 3 is 2.54 bits per heavy atom. The van der Waals surface area contributed by atoms with Crippen LogP contribution in [0.1, 0.15) is 50.3 Å². The Labute approximate surface area is 203 Å². The number of carbonyl (C=O) groups excluding carboxylic acids is 1. The summed E-state index contributed by atoms with van der Waals surface area (Å²) in [5.41, 5.74) is 1.26. The summed E-state index contributed by atoms with van der Waals surface area (Å²) in [5, 5.41) is 5.22. The van der Waals surface area contributed by atoms with E-state index in [1.807, 2.05) is 26.8 Å². The highest BCUT2D eigenvalue weighted by atomic mass is 19.4. The van der Waals surface area contributed by atoms with Crippen molar-refractivity contribution in [1.82, 2.24) is 4.90 Å². The molecule has 0 saturated carbocycles. The number of carbonyl (C=O) groups is 1. The number of hydrogen-bond donors (Lipinski definition) is 2. The smallest absolute Gasteiger partial charge is 0.420 e. The van der Waals surface area contributed by atoms with Crippen molar-refractivity contribution in [1.29, 1.82) is 0 Å². The third kappa shape index (κ3) is 5.83. The zero-order valence-corrected chi connectivity index (χ0v) is 20.5. The molecule has 4 rings (SSSR count). The van der Waals surface area contributed by atoms with Crippen molar-refractivity contribution in [3.63, 3.8) is 0 Å². The topological polar surface area (TPSA) is 62.8 Å². The van der Waals surface area contributed by atoms with E-state index in [-0.39, 0.29) is 17.5 Å². The van der Waals surface area contributed by atoms with Crippen molar-refractivity contribution in [2.45, 2.75) is 64.8 Å². The van der Waals surface area contributed by atoms with Crippen molar-refractivity contribution in [3.8, 4) is 11.5 Å². The molecule has 2 N–H and O–H groups in total. The van der Waals surface area contributed by atoms with E-state index in [2.05, 4.69) is 22.5 Å². The van der Waals surface area contributed by atoms with Gasteiger partial charge >= 0.3 is 12.2 Å². The summed E-state index contributed by atoms with van der Waals surface area (Å²) in [6, 6.07) is 6.58. The van der Waals surface area contributed by atoms with Crippen LogP contribution in [0.2, 0.25) is 0 Å². The molecule has 6 nitrogen and oxygen atoms in total. The van der Waals surface area contributed by atoms with Gasteiger partial charge in [-0.25, -0.2) is 4.79 Å². The van der Waals surface area contributed by atoms with Gasteiger partial charge in [-0.3, -0.25) is 0 Å². The second kappa shape index (κ2) is 9.60. The minimum atomic E-state index is -4.62. The molecular weight excluding hydrogens is 459 g/mol. The van der Waals surface area contributed by atoms with E-state index in [1.165, 1.54) is 12.1 Å². The van der Waals surface area contributed by atoms with E-state index >= 15 is 0 Å². The Balaban J connectivity index is 1.47. The number of amides is 2. The Morgan fingerprint density at radius 1 is 1.17 bits per heavy atom. The minimum Gasteiger partial charge on any atom is -0.490 e. The standard InChI is InChI=1S/C26H32F3N3O3/c1-5-32-12-10-18(11-13-32)34-22-9-7-17(14-20(22)26(27,28)29)30-24(33)31-21-8-6-16(2)19-15-25(3,4)35-23(19)21/h6-9,14,18H,5,10-13,15H2,1-4H3,(H2,30,31,33). The number of nitrogens with zero attached hydrogens (tertiary/aromatic N) is 1. The van der Waals surface area contributed by atoms with Crippen LogP contribution in [-0.4, -0.2) is 42.3 Å². The summed E-state index contributed by atoms with van der Waals surface area (Å²) in [7, 11) is 0. The highest BCUT2D eigenvalue weighted by molar-refractivity contribution is 6.01. The predicted molar refractivity (Wildman–Crippen MR) is 129 cm³/mol. The lowest BCUT2D eigenvalue weighted by atomic mass is 9.98. The van der Waals surface area contributed by atoms with Gasteiger partial charge in [0.25, 0.3) is 0 Å². The Kier molecular flexibility index (Phi) is 6.90. The lowest BCUT2D eigenvalue weighted by Crippen LogP contribution is -2.38. The molecule has 2 aliphatic rings. The molecule has 0 radical (unpaired) electrons. The van der Waals surface area contributed by atoms with Gasteiger partial charge in [-0.2, -0.15) is 13.2 Å². The number of halogens is 3. The first-order valence-corrected chi connectivity index (χ1v) is 11.9. The van der Waals surface area contributed by atoms with Crippen LogP contribution in [0.25, 0.3) is 0 Å². The van der Waals surface area contributed by atoms with Gasteiger partial charge in [-0.15, -0.1) is 0 Å². The molecule has 9 heteroatoms. The number of aryl methyl sites for hydroxylation is 1. The van der Waals surface area contributed by atoms with Crippen LogP contribution in [0.15, 0.2) is 30.3 Å². The molecule has 0 aliphatic carbocycles. The summed E-state index contributed by atoms with van der Waals surface area (Å²) in [6.45, 7) is 10.5. The molecule has 0 spiro atoms. The summed E-state index contributed by atoms with van der Waals surface area (Å²) < 4.78 is 53.2. The Bertz CT molecular complexity index is 1090. The van der Waals surface area contributed by atoms with Gasteiger partial charge in [0, 0.05) is 30.8 Å². The fourth-order valence-electron chi connectivity index (χ4n) is 4.64. The third-order valence-electron chi connectivity index (χ3n) is 6.54. The molecule has 0 atom stereocenters. The number of piperidine rings is 1. The lowest BCUT2D eigenvalue weighted by molar-refractivity contribution is -0.139. The van der Waals surface area contributed by atoms with E-state index in [1.54, 1.807) is 6.07 Å². The largest absolute Gasteiger partial charge is 0.490 e. The average molecular weight is 492 g/mol. The van der Waals surface area contributed by atoms with Crippen molar-refractivity contribution in [2.24, 2.45) is 0 Å². The van der Waals surface area contributed by atoms with E-state index in [4.69, 9.17) is 9.47 Å². The Morgan fingerprint density at radius 2 is 1.89 bits per heavy atom. The van der Waals surface area contributed by atoms with Crippen LogP contribution in [0.3, 0.4) is 0 Å². The molecule has 0 aromatic heterocycles. The molecular formula is C26H32F3N3O3. The molecule has 1 fully saturated rings. The molecule has 2 aliphatic heterocycles. The number of fused-ring (bicyclic) bond motifs is 1. The van der Waals surface area contributed by atoms with Crippen LogP contribution in [-0.2, 0) is 12.6 Å². The zero-order chi connectivity index (χ0) is 25.4. The van der Waals surface area contributed by atoms with Crippen LogP contribution < -0.4 is 20.1 Å². The third-order valence-corrected chi connectivity index (χ3v) is 6.54. The molecule has 0 unspecified atom stereocenters. The predicted octanol–water partition coefficient (Wildman–Crippen LogP) is 6.23. The van der Waals surface area contributed by atoms with Crippen LogP contribution in [0.5, 0.6) is 11.5 Å². The number of likely N-dealkylation sites (tertiary alicyclic amines) is 1. The van der Waals surface area contributed by atoms with E-state index in [0.717, 1.165) is 36.8 Å². The fourth-order valence-corrected chi connectivity index (χ4v) is 4.64. The quantitative estimate of drug-likeness (QED) is 0.520. The van der Waals surface area contributed by atoms with Gasteiger partial charge < -0.3 is 25.0 Å². The fraction of sp³-hybridized carbons (Fsp3) is 0.500. The first-order chi connectivity index (χ1) is 16.4. The lowest BCUT2D eigenvalue weighted by Gasteiger charge is -2.31. The molecule has 2 amide bonds. The molecule has 190 valence electrons. The van der Waals surface area contributed by atoms with Crippen LogP contribution in [0, 0.1) is 6.92 Å². The maximum atomic E-state index is 13.8. The average Bonchev–Trinajstić information content (AvgIpc) is 3.13. The second-order valence-electron chi connectivity index (χ2n) is 9.82. The van der Waals surface area contributed by atoms with Gasteiger partial charge in [-0.1, -0.05) is 13.0 Å². The van der Waals surface area contributed by atoms with Gasteiger partial charge in [-0.05, 0) is 70.0 Å².